The van der Waals surface area contributed by atoms with Crippen LogP contribution >= 0.6 is 27.5 Å². The predicted octanol–water partition coefficient (Wildman–Crippen LogP) is 4.71. The summed E-state index contributed by atoms with van der Waals surface area (Å²) in [6.07, 6.45) is 6.81. The van der Waals surface area contributed by atoms with Gasteiger partial charge in [-0.1, -0.05) is 45.8 Å². The maximum atomic E-state index is 6.13. The topological polar surface area (TPSA) is 0 Å². The van der Waals surface area contributed by atoms with E-state index in [0.29, 0.717) is 0 Å². The van der Waals surface area contributed by atoms with Gasteiger partial charge in [0.1, 0.15) is 0 Å². The second-order valence-corrected chi connectivity index (χ2v) is 5.42. The van der Waals surface area contributed by atoms with Gasteiger partial charge in [0.2, 0.25) is 0 Å². The lowest BCUT2D eigenvalue weighted by Crippen LogP contribution is -2.05. The smallest absolute Gasteiger partial charge is 0.0518 e. The minimum Gasteiger partial charge on any atom is -0.118 e. The van der Waals surface area contributed by atoms with Crippen molar-refractivity contribution >= 4 is 27.5 Å². The lowest BCUT2D eigenvalue weighted by Gasteiger charge is -2.17. The molecule has 0 spiro atoms. The highest BCUT2D eigenvalue weighted by Crippen LogP contribution is 2.26. The van der Waals surface area contributed by atoms with Crippen LogP contribution in [-0.4, -0.2) is 5.38 Å². The van der Waals surface area contributed by atoms with E-state index in [2.05, 4.69) is 40.2 Å². The second-order valence-electron chi connectivity index (χ2n) is 4.00. The van der Waals surface area contributed by atoms with Gasteiger partial charge in [-0.2, -0.15) is 0 Å². The van der Waals surface area contributed by atoms with E-state index < -0.39 is 0 Å². The van der Waals surface area contributed by atoms with E-state index in [1.807, 2.05) is 6.07 Å². The van der Waals surface area contributed by atoms with E-state index in [1.165, 1.54) is 28.5 Å². The molecule has 0 amide bonds. The molecule has 0 aliphatic heterocycles. The predicted molar refractivity (Wildman–Crippen MR) is 69.4 cm³/mol. The Hall–Kier alpha value is -0.270. The van der Waals surface area contributed by atoms with Gasteiger partial charge in [-0.15, -0.1) is 11.6 Å². The van der Waals surface area contributed by atoms with Gasteiger partial charge in [0.15, 0.2) is 0 Å². The van der Waals surface area contributed by atoms with E-state index in [-0.39, 0.29) is 5.38 Å². The molecule has 1 aromatic carbocycles. The lowest BCUT2D eigenvalue weighted by atomic mass is 9.94. The Kier molecular flexibility index (Phi) is 3.87. The van der Waals surface area contributed by atoms with Crippen molar-refractivity contribution in [1.82, 2.24) is 0 Å². The number of rotatable bonds is 2. The first-order valence-corrected chi connectivity index (χ1v) is 6.55. The maximum Gasteiger partial charge on any atom is 0.0518 e. The molecule has 0 aromatic heterocycles. The van der Waals surface area contributed by atoms with Crippen molar-refractivity contribution in [3.8, 4) is 0 Å². The highest BCUT2D eigenvalue weighted by atomic mass is 79.9. The molecule has 15 heavy (non-hydrogen) atoms. The monoisotopic (exact) mass is 284 g/mol. The van der Waals surface area contributed by atoms with Gasteiger partial charge < -0.3 is 0 Å². The molecule has 0 nitrogen and oxygen atoms in total. The van der Waals surface area contributed by atoms with Crippen LogP contribution < -0.4 is 0 Å². The quantitative estimate of drug-likeness (QED) is 0.545. The fourth-order valence-corrected chi connectivity index (χ4v) is 2.74. The molecule has 0 saturated heterocycles. The van der Waals surface area contributed by atoms with Crippen LogP contribution in [0.15, 0.2) is 40.4 Å². The summed E-state index contributed by atoms with van der Waals surface area (Å²) in [5.41, 5.74) is 2.84. The zero-order chi connectivity index (χ0) is 10.7. The molecule has 0 radical (unpaired) electrons. The Morgan fingerprint density at radius 2 is 2.13 bits per heavy atom. The Labute approximate surface area is 104 Å². The van der Waals surface area contributed by atoms with E-state index in [1.54, 1.807) is 0 Å². The molecule has 1 aromatic rings. The number of benzene rings is 1. The Balaban J connectivity index is 2.12. The minimum absolute atomic E-state index is 0.247. The fourth-order valence-electron chi connectivity index (χ4n) is 1.98. The van der Waals surface area contributed by atoms with Gasteiger partial charge in [-0.05, 0) is 37.3 Å². The number of alkyl halides is 1. The van der Waals surface area contributed by atoms with Crippen molar-refractivity contribution in [2.24, 2.45) is 0 Å². The molecule has 80 valence electrons. The highest BCUT2D eigenvalue weighted by Gasteiger charge is 2.11. The van der Waals surface area contributed by atoms with E-state index in [4.69, 9.17) is 11.6 Å². The third kappa shape index (κ3) is 3.09. The van der Waals surface area contributed by atoms with Gasteiger partial charge in [0.05, 0.1) is 5.38 Å². The van der Waals surface area contributed by atoms with Crippen molar-refractivity contribution in [3.05, 3.63) is 46.0 Å². The van der Waals surface area contributed by atoms with Gasteiger partial charge >= 0.3 is 0 Å². The van der Waals surface area contributed by atoms with E-state index >= 15 is 0 Å². The lowest BCUT2D eigenvalue weighted by molar-refractivity contribution is 0.693. The van der Waals surface area contributed by atoms with Crippen LogP contribution in [0.25, 0.3) is 0 Å². The van der Waals surface area contributed by atoms with Crippen LogP contribution in [0.1, 0.15) is 24.8 Å². The first kappa shape index (κ1) is 11.2. The number of allylic oxidation sites excluding steroid dienone is 2. The van der Waals surface area contributed by atoms with Crippen LogP contribution in [0.2, 0.25) is 0 Å². The summed E-state index contributed by atoms with van der Waals surface area (Å²) in [4.78, 5) is 0. The summed E-state index contributed by atoms with van der Waals surface area (Å²) in [6.45, 7) is 0. The van der Waals surface area contributed by atoms with Crippen molar-refractivity contribution in [3.63, 3.8) is 0 Å². The first-order chi connectivity index (χ1) is 7.25. The van der Waals surface area contributed by atoms with Gasteiger partial charge in [-0.3, -0.25) is 0 Å². The van der Waals surface area contributed by atoms with Crippen molar-refractivity contribution in [1.29, 1.82) is 0 Å². The molecule has 1 aliphatic carbocycles. The van der Waals surface area contributed by atoms with E-state index in [0.717, 1.165) is 12.8 Å². The molecule has 0 bridgehead atoms. The van der Waals surface area contributed by atoms with Crippen LogP contribution in [0.3, 0.4) is 0 Å². The summed E-state index contributed by atoms with van der Waals surface area (Å²) in [5.74, 6) is 0. The summed E-state index contributed by atoms with van der Waals surface area (Å²) in [7, 11) is 0. The number of halogens is 2. The molecule has 1 unspecified atom stereocenters. The maximum absolute atomic E-state index is 6.13. The largest absolute Gasteiger partial charge is 0.118 e. The average Bonchev–Trinajstić information content (AvgIpc) is 2.22. The average molecular weight is 286 g/mol. The first-order valence-electron chi connectivity index (χ1n) is 5.33. The number of hydrogen-bond donors (Lipinski definition) is 0. The standard InChI is InChI=1S/C13H14BrCl/c14-13-7-2-1-5-11(13)8-10-4-3-6-12(15)9-10/h1-2,5,7,9,12H,3-4,6,8H2. The zero-order valence-corrected chi connectivity index (χ0v) is 10.9. The molecule has 0 N–H and O–H groups in total. The molecule has 0 heterocycles. The molecule has 0 saturated carbocycles. The molecule has 2 heteroatoms. The van der Waals surface area contributed by atoms with Crippen molar-refractivity contribution < 1.29 is 0 Å². The second kappa shape index (κ2) is 5.18. The molecule has 1 atom stereocenters. The summed E-state index contributed by atoms with van der Waals surface area (Å²) < 4.78 is 1.20. The minimum atomic E-state index is 0.247. The van der Waals surface area contributed by atoms with Gasteiger partial charge in [-0.25, -0.2) is 0 Å². The highest BCUT2D eigenvalue weighted by molar-refractivity contribution is 9.10. The molecule has 1 aliphatic rings. The summed E-state index contributed by atoms with van der Waals surface area (Å²) in [5, 5.41) is 0.247. The normalized spacial score (nSPS) is 21.2. The van der Waals surface area contributed by atoms with E-state index in [9.17, 15) is 0 Å². The number of hydrogen-bond acceptors (Lipinski definition) is 0. The van der Waals surface area contributed by atoms with Crippen molar-refractivity contribution in [2.75, 3.05) is 0 Å². The van der Waals surface area contributed by atoms with Crippen LogP contribution in [-0.2, 0) is 6.42 Å². The Morgan fingerprint density at radius 1 is 1.33 bits per heavy atom. The summed E-state index contributed by atoms with van der Waals surface area (Å²) in [6, 6.07) is 8.40. The zero-order valence-electron chi connectivity index (χ0n) is 8.55. The van der Waals surface area contributed by atoms with Crippen molar-refractivity contribution in [2.45, 2.75) is 31.1 Å². The van der Waals surface area contributed by atoms with Crippen LogP contribution in [0, 0.1) is 0 Å². The third-order valence-electron chi connectivity index (χ3n) is 2.77. The molecule has 2 rings (SSSR count). The van der Waals surface area contributed by atoms with Gasteiger partial charge in [0.25, 0.3) is 0 Å². The summed E-state index contributed by atoms with van der Waals surface area (Å²) >= 11 is 9.71. The molecular weight excluding hydrogens is 272 g/mol. The molecular formula is C13H14BrCl. The van der Waals surface area contributed by atoms with Crippen LogP contribution in [0.5, 0.6) is 0 Å². The Bertz CT molecular complexity index is 371. The Morgan fingerprint density at radius 3 is 2.87 bits per heavy atom. The fraction of sp³-hybridized carbons (Fsp3) is 0.385. The SMILES string of the molecule is ClC1C=C(Cc2ccccc2Br)CCC1. The third-order valence-corrected chi connectivity index (χ3v) is 3.89. The molecule has 0 fully saturated rings. The van der Waals surface area contributed by atoms with Gasteiger partial charge in [0, 0.05) is 4.47 Å². The van der Waals surface area contributed by atoms with Crippen LogP contribution in [0.4, 0.5) is 0 Å².